The van der Waals surface area contributed by atoms with Gasteiger partial charge in [-0.1, -0.05) is 11.6 Å². The molecule has 1 atom stereocenters. The number of hydrogen-bond donors (Lipinski definition) is 2. The Morgan fingerprint density at radius 1 is 1.17 bits per heavy atom. The summed E-state index contributed by atoms with van der Waals surface area (Å²) in [5, 5.41) is 10.6. The molecule has 1 aromatic rings. The Kier molecular flexibility index (Phi) is 5.29. The fourth-order valence-corrected chi connectivity index (χ4v) is 2.50. The van der Waals surface area contributed by atoms with Crippen molar-refractivity contribution in [2.75, 3.05) is 26.2 Å². The molecule has 2 N–H and O–H groups in total. The lowest BCUT2D eigenvalue weighted by Gasteiger charge is -2.25. The number of piperidine rings is 1. The highest BCUT2D eigenvalue weighted by molar-refractivity contribution is 6.30. The van der Waals surface area contributed by atoms with Crippen LogP contribution >= 0.6 is 11.6 Å². The molecule has 0 bridgehead atoms. The Morgan fingerprint density at radius 3 is 2.50 bits per heavy atom. The Labute approximate surface area is 113 Å². The molecule has 18 heavy (non-hydrogen) atoms. The van der Waals surface area contributed by atoms with Gasteiger partial charge in [0.25, 0.3) is 0 Å². The van der Waals surface area contributed by atoms with E-state index in [0.29, 0.717) is 11.6 Å². The third-order valence-corrected chi connectivity index (χ3v) is 3.59. The van der Waals surface area contributed by atoms with Gasteiger partial charge in [-0.3, -0.25) is 0 Å². The largest absolute Gasteiger partial charge is 0.491 e. The summed E-state index contributed by atoms with van der Waals surface area (Å²) in [5.74, 6) is 0.757. The van der Waals surface area contributed by atoms with Gasteiger partial charge in [0.05, 0.1) is 13.1 Å². The van der Waals surface area contributed by atoms with E-state index in [2.05, 4.69) is 0 Å². The van der Waals surface area contributed by atoms with Crippen LogP contribution in [-0.2, 0) is 0 Å². The number of nitrogens with one attached hydrogen (secondary N) is 1. The van der Waals surface area contributed by atoms with E-state index in [1.165, 1.54) is 37.3 Å². The molecule has 1 aromatic carbocycles. The van der Waals surface area contributed by atoms with Gasteiger partial charge in [0.2, 0.25) is 0 Å². The van der Waals surface area contributed by atoms with Crippen molar-refractivity contribution in [2.24, 2.45) is 0 Å². The number of aliphatic hydroxyl groups excluding tert-OH is 1. The molecule has 3 nitrogen and oxygen atoms in total. The Balaban J connectivity index is 1.70. The zero-order valence-corrected chi connectivity index (χ0v) is 11.3. The molecule has 2 rings (SSSR count). The Bertz CT molecular complexity index is 349. The highest BCUT2D eigenvalue weighted by Gasteiger charge is 2.18. The molecule has 0 radical (unpaired) electrons. The summed E-state index contributed by atoms with van der Waals surface area (Å²) < 4.78 is 5.54. The van der Waals surface area contributed by atoms with Crippen LogP contribution in [0.2, 0.25) is 5.02 Å². The van der Waals surface area contributed by atoms with Crippen molar-refractivity contribution in [2.45, 2.75) is 25.4 Å². The molecule has 1 fully saturated rings. The lowest BCUT2D eigenvalue weighted by molar-refractivity contribution is -0.908. The van der Waals surface area contributed by atoms with Gasteiger partial charge >= 0.3 is 0 Å². The maximum Gasteiger partial charge on any atom is 0.137 e. The first-order chi connectivity index (χ1) is 8.74. The fourth-order valence-electron chi connectivity index (χ4n) is 2.37. The number of rotatable bonds is 5. The second kappa shape index (κ2) is 6.98. The van der Waals surface area contributed by atoms with Crippen LogP contribution in [0.5, 0.6) is 5.75 Å². The zero-order chi connectivity index (χ0) is 12.8. The van der Waals surface area contributed by atoms with E-state index in [1.807, 2.05) is 12.1 Å². The predicted octanol–water partition coefficient (Wildman–Crippen LogP) is 1.15. The molecular weight excluding hydrogens is 250 g/mol. The van der Waals surface area contributed by atoms with Crippen LogP contribution in [0.3, 0.4) is 0 Å². The van der Waals surface area contributed by atoms with E-state index in [1.54, 1.807) is 12.1 Å². The van der Waals surface area contributed by atoms with Crippen molar-refractivity contribution >= 4 is 11.6 Å². The molecule has 1 aliphatic heterocycles. The molecule has 1 heterocycles. The SMILES string of the molecule is OC(COc1ccc(Cl)cc1)C[NH+]1CCCCC1. The van der Waals surface area contributed by atoms with Crippen molar-refractivity contribution in [3.05, 3.63) is 29.3 Å². The van der Waals surface area contributed by atoms with Gasteiger partial charge in [0.1, 0.15) is 25.0 Å². The first-order valence-electron chi connectivity index (χ1n) is 6.64. The van der Waals surface area contributed by atoms with Gasteiger partial charge in [-0.25, -0.2) is 0 Å². The molecular formula is C14H21ClNO2+. The number of halogens is 1. The minimum absolute atomic E-state index is 0.352. The third kappa shape index (κ3) is 4.48. The molecule has 0 spiro atoms. The highest BCUT2D eigenvalue weighted by atomic mass is 35.5. The minimum Gasteiger partial charge on any atom is -0.491 e. The summed E-state index contributed by atoms with van der Waals surface area (Å²) in [6, 6.07) is 7.23. The Hall–Kier alpha value is -0.770. The molecule has 1 aliphatic rings. The first kappa shape index (κ1) is 13.7. The van der Waals surface area contributed by atoms with Crippen molar-refractivity contribution < 1.29 is 14.7 Å². The molecule has 0 amide bonds. The number of ether oxygens (including phenoxy) is 1. The second-order valence-corrected chi connectivity index (χ2v) is 5.37. The fraction of sp³-hybridized carbons (Fsp3) is 0.571. The van der Waals surface area contributed by atoms with Gasteiger partial charge < -0.3 is 14.7 Å². The maximum atomic E-state index is 9.95. The van der Waals surface area contributed by atoms with E-state index in [0.717, 1.165) is 12.3 Å². The van der Waals surface area contributed by atoms with Crippen LogP contribution in [0.1, 0.15) is 19.3 Å². The van der Waals surface area contributed by atoms with Gasteiger partial charge in [-0.2, -0.15) is 0 Å². The topological polar surface area (TPSA) is 33.9 Å². The first-order valence-corrected chi connectivity index (χ1v) is 7.02. The maximum absolute atomic E-state index is 9.95. The van der Waals surface area contributed by atoms with Crippen LogP contribution in [0.15, 0.2) is 24.3 Å². The highest BCUT2D eigenvalue weighted by Crippen LogP contribution is 2.15. The van der Waals surface area contributed by atoms with E-state index in [4.69, 9.17) is 16.3 Å². The van der Waals surface area contributed by atoms with E-state index in [-0.39, 0.29) is 0 Å². The Morgan fingerprint density at radius 2 is 1.83 bits per heavy atom. The molecule has 0 saturated carbocycles. The van der Waals surface area contributed by atoms with Crippen LogP contribution in [0.25, 0.3) is 0 Å². The lowest BCUT2D eigenvalue weighted by atomic mass is 10.1. The van der Waals surface area contributed by atoms with Crippen LogP contribution in [-0.4, -0.2) is 37.5 Å². The lowest BCUT2D eigenvalue weighted by Crippen LogP contribution is -3.14. The summed E-state index contributed by atoms with van der Waals surface area (Å²) in [6.45, 7) is 3.49. The number of aliphatic hydroxyl groups is 1. The molecule has 0 aliphatic carbocycles. The number of likely N-dealkylation sites (tertiary alicyclic amines) is 1. The molecule has 1 unspecified atom stereocenters. The third-order valence-electron chi connectivity index (χ3n) is 3.34. The van der Waals surface area contributed by atoms with Crippen molar-refractivity contribution in [1.29, 1.82) is 0 Å². The van der Waals surface area contributed by atoms with Gasteiger partial charge in [0, 0.05) is 5.02 Å². The van der Waals surface area contributed by atoms with Crippen LogP contribution in [0.4, 0.5) is 0 Å². The smallest absolute Gasteiger partial charge is 0.137 e. The number of quaternary nitrogens is 1. The molecule has 1 saturated heterocycles. The normalized spacial score (nSPS) is 18.6. The van der Waals surface area contributed by atoms with Gasteiger partial charge in [0.15, 0.2) is 0 Å². The zero-order valence-electron chi connectivity index (χ0n) is 10.6. The summed E-state index contributed by atoms with van der Waals surface area (Å²) >= 11 is 5.79. The second-order valence-electron chi connectivity index (χ2n) is 4.93. The summed E-state index contributed by atoms with van der Waals surface area (Å²) in [5.41, 5.74) is 0. The van der Waals surface area contributed by atoms with Crippen LogP contribution < -0.4 is 9.64 Å². The standard InChI is InChI=1S/C14H20ClNO2/c15-12-4-6-14(7-5-12)18-11-13(17)10-16-8-2-1-3-9-16/h4-7,13,17H,1-3,8-11H2/p+1. The van der Waals surface area contributed by atoms with Crippen LogP contribution in [0, 0.1) is 0 Å². The van der Waals surface area contributed by atoms with E-state index < -0.39 is 6.10 Å². The monoisotopic (exact) mass is 270 g/mol. The van der Waals surface area contributed by atoms with Crippen molar-refractivity contribution in [3.63, 3.8) is 0 Å². The average Bonchev–Trinajstić information content (AvgIpc) is 2.39. The van der Waals surface area contributed by atoms with Crippen molar-refractivity contribution in [3.8, 4) is 5.75 Å². The number of benzene rings is 1. The number of hydrogen-bond acceptors (Lipinski definition) is 2. The average molecular weight is 271 g/mol. The quantitative estimate of drug-likeness (QED) is 0.842. The minimum atomic E-state index is -0.395. The summed E-state index contributed by atoms with van der Waals surface area (Å²) in [6.07, 6.45) is 3.50. The van der Waals surface area contributed by atoms with Gasteiger partial charge in [-0.05, 0) is 43.5 Å². The molecule has 0 aromatic heterocycles. The van der Waals surface area contributed by atoms with Crippen molar-refractivity contribution in [1.82, 2.24) is 0 Å². The van der Waals surface area contributed by atoms with Gasteiger partial charge in [-0.15, -0.1) is 0 Å². The summed E-state index contributed by atoms with van der Waals surface area (Å²) in [7, 11) is 0. The summed E-state index contributed by atoms with van der Waals surface area (Å²) in [4.78, 5) is 1.49. The molecule has 100 valence electrons. The van der Waals surface area contributed by atoms with E-state index in [9.17, 15) is 5.11 Å². The molecule has 4 heteroatoms. The van der Waals surface area contributed by atoms with E-state index >= 15 is 0 Å². The predicted molar refractivity (Wildman–Crippen MR) is 72.4 cm³/mol.